The first-order valence-electron chi connectivity index (χ1n) is 13.4. The Morgan fingerprint density at radius 2 is 1.82 bits per heavy atom. The zero-order valence-corrected chi connectivity index (χ0v) is 23.2. The number of anilines is 1. The van der Waals surface area contributed by atoms with Gasteiger partial charge in [-0.2, -0.15) is 0 Å². The Labute approximate surface area is 235 Å². The number of aromatic nitrogens is 4. The molecule has 39 heavy (non-hydrogen) atoms. The van der Waals surface area contributed by atoms with Crippen LogP contribution < -0.4 is 5.73 Å². The molecule has 8 nitrogen and oxygen atoms in total. The third-order valence-electron chi connectivity index (χ3n) is 7.95. The Bertz CT molecular complexity index is 1480. The molecule has 0 radical (unpaired) electrons. The highest BCUT2D eigenvalue weighted by atomic mass is 79.9. The number of carbonyl (C=O) groups excluding carboxylic acids is 1. The lowest BCUT2D eigenvalue weighted by molar-refractivity contribution is -0.148. The van der Waals surface area contributed by atoms with E-state index in [2.05, 4.69) is 41.4 Å². The summed E-state index contributed by atoms with van der Waals surface area (Å²) in [7, 11) is 0. The summed E-state index contributed by atoms with van der Waals surface area (Å²) >= 11 is 3.55. The van der Waals surface area contributed by atoms with Crippen molar-refractivity contribution in [3.05, 3.63) is 71.0 Å². The lowest BCUT2D eigenvalue weighted by Crippen LogP contribution is -2.53. The van der Waals surface area contributed by atoms with Crippen LogP contribution in [0, 0.1) is 0 Å². The van der Waals surface area contributed by atoms with E-state index in [1.165, 1.54) is 0 Å². The maximum absolute atomic E-state index is 16.0. The highest BCUT2D eigenvalue weighted by molar-refractivity contribution is 9.10. The molecular formula is C29H31BrFN7O. The summed E-state index contributed by atoms with van der Waals surface area (Å²) < 4.78 is 19.2. The number of piperidine rings is 2. The van der Waals surface area contributed by atoms with Crippen LogP contribution in [0.3, 0.4) is 0 Å². The number of rotatable bonds is 5. The van der Waals surface area contributed by atoms with E-state index >= 15 is 4.39 Å². The number of imidazole rings is 1. The second kappa shape index (κ2) is 10.7. The predicted octanol–water partition coefficient (Wildman–Crippen LogP) is 5.01. The summed E-state index contributed by atoms with van der Waals surface area (Å²) in [6, 6.07) is 15.8. The molecular weight excluding hydrogens is 561 g/mol. The Hall–Kier alpha value is -3.37. The number of hydrogen-bond acceptors (Lipinski definition) is 6. The van der Waals surface area contributed by atoms with Crippen molar-refractivity contribution in [2.24, 2.45) is 0 Å². The third-order valence-corrected chi connectivity index (χ3v) is 8.44. The van der Waals surface area contributed by atoms with Gasteiger partial charge >= 0.3 is 0 Å². The van der Waals surface area contributed by atoms with Crippen molar-refractivity contribution in [1.82, 2.24) is 29.3 Å². The van der Waals surface area contributed by atoms with Gasteiger partial charge in [-0.25, -0.2) is 14.4 Å². The van der Waals surface area contributed by atoms with Crippen LogP contribution in [0.1, 0.15) is 37.3 Å². The molecule has 1 amide bonds. The molecule has 0 unspecified atom stereocenters. The Kier molecular flexibility index (Phi) is 7.07. The first-order valence-corrected chi connectivity index (χ1v) is 14.2. The largest absolute Gasteiger partial charge is 0.384 e. The molecule has 0 aliphatic carbocycles. The van der Waals surface area contributed by atoms with Crippen molar-refractivity contribution < 1.29 is 9.18 Å². The lowest BCUT2D eigenvalue weighted by Gasteiger charge is -2.40. The van der Waals surface area contributed by atoms with E-state index in [0.717, 1.165) is 45.4 Å². The molecule has 4 aromatic rings. The van der Waals surface area contributed by atoms with Crippen molar-refractivity contribution in [3.63, 3.8) is 0 Å². The molecule has 2 aliphatic rings. The van der Waals surface area contributed by atoms with Gasteiger partial charge in [-0.1, -0.05) is 22.0 Å². The van der Waals surface area contributed by atoms with Gasteiger partial charge in [0.15, 0.2) is 11.5 Å². The van der Waals surface area contributed by atoms with Crippen LogP contribution in [-0.4, -0.2) is 67.1 Å². The number of hydrogen-bond donors (Lipinski definition) is 1. The number of carbonyl (C=O) groups is 1. The third kappa shape index (κ3) is 5.27. The topological polar surface area (TPSA) is 93.2 Å². The van der Waals surface area contributed by atoms with Gasteiger partial charge < -0.3 is 15.2 Å². The van der Waals surface area contributed by atoms with Gasteiger partial charge in [-0.15, -0.1) is 0 Å². The van der Waals surface area contributed by atoms with E-state index in [-0.39, 0.29) is 24.8 Å². The van der Waals surface area contributed by atoms with E-state index in [9.17, 15) is 4.79 Å². The molecule has 5 heterocycles. The summed E-state index contributed by atoms with van der Waals surface area (Å²) in [6.07, 6.45) is 5.34. The van der Waals surface area contributed by atoms with Gasteiger partial charge in [0.25, 0.3) is 5.91 Å². The number of benzene rings is 1. The summed E-state index contributed by atoms with van der Waals surface area (Å²) in [5.41, 5.74) is 7.77. The van der Waals surface area contributed by atoms with Gasteiger partial charge in [0, 0.05) is 68.5 Å². The Balaban J connectivity index is 1.13. The SMILES string of the molecule is Nc1cc(CN2CCC(F)(C(=O)N3CCC(n4c(-c5ccccn5)nc5cc(Br)ccc54)CC3)CC2)ccn1. The van der Waals surface area contributed by atoms with Gasteiger partial charge in [0.1, 0.15) is 11.5 Å². The highest BCUT2D eigenvalue weighted by Crippen LogP contribution is 2.36. The lowest BCUT2D eigenvalue weighted by atomic mass is 9.90. The molecule has 2 saturated heterocycles. The van der Waals surface area contributed by atoms with E-state index in [1.807, 2.05) is 42.5 Å². The number of halogens is 2. The van der Waals surface area contributed by atoms with Gasteiger partial charge in [-0.3, -0.25) is 14.7 Å². The fourth-order valence-corrected chi connectivity index (χ4v) is 6.21. The molecule has 0 bridgehead atoms. The maximum atomic E-state index is 16.0. The van der Waals surface area contributed by atoms with Crippen molar-refractivity contribution in [2.45, 2.75) is 43.9 Å². The number of pyridine rings is 2. The van der Waals surface area contributed by atoms with Crippen molar-refractivity contribution in [3.8, 4) is 11.5 Å². The fourth-order valence-electron chi connectivity index (χ4n) is 5.86. The predicted molar refractivity (Wildman–Crippen MR) is 153 cm³/mol. The van der Waals surface area contributed by atoms with Crippen LogP contribution in [0.5, 0.6) is 0 Å². The molecule has 2 fully saturated rings. The van der Waals surface area contributed by atoms with Gasteiger partial charge in [0.2, 0.25) is 0 Å². The average molecular weight is 593 g/mol. The molecule has 0 atom stereocenters. The quantitative estimate of drug-likeness (QED) is 0.351. The van der Waals surface area contributed by atoms with E-state index < -0.39 is 5.67 Å². The van der Waals surface area contributed by atoms with Crippen LogP contribution in [0.2, 0.25) is 0 Å². The Morgan fingerprint density at radius 1 is 1.03 bits per heavy atom. The monoisotopic (exact) mass is 591 g/mol. The van der Waals surface area contributed by atoms with Crippen molar-refractivity contribution >= 4 is 38.7 Å². The molecule has 2 aliphatic heterocycles. The summed E-state index contributed by atoms with van der Waals surface area (Å²) in [5, 5.41) is 0. The minimum atomic E-state index is -1.81. The molecule has 0 saturated carbocycles. The molecule has 10 heteroatoms. The van der Waals surface area contributed by atoms with Crippen LogP contribution in [0.15, 0.2) is 65.4 Å². The zero-order chi connectivity index (χ0) is 27.0. The molecule has 2 N–H and O–H groups in total. The number of nitrogen functional groups attached to an aromatic ring is 1. The number of likely N-dealkylation sites (tertiary alicyclic amines) is 2. The summed E-state index contributed by atoms with van der Waals surface area (Å²) in [5.74, 6) is 0.934. The summed E-state index contributed by atoms with van der Waals surface area (Å²) in [4.78, 5) is 30.8. The van der Waals surface area contributed by atoms with Crippen LogP contribution >= 0.6 is 15.9 Å². The molecule has 0 spiro atoms. The number of alkyl halides is 1. The first kappa shape index (κ1) is 25.9. The maximum Gasteiger partial charge on any atom is 0.260 e. The highest BCUT2D eigenvalue weighted by Gasteiger charge is 2.45. The van der Waals surface area contributed by atoms with Crippen molar-refractivity contribution in [1.29, 1.82) is 0 Å². The zero-order valence-electron chi connectivity index (χ0n) is 21.6. The fraction of sp³-hybridized carbons (Fsp3) is 0.379. The van der Waals surface area contributed by atoms with Gasteiger partial charge in [-0.05, 0) is 60.9 Å². The van der Waals surface area contributed by atoms with E-state index in [1.54, 1.807) is 17.3 Å². The smallest absolute Gasteiger partial charge is 0.260 e. The average Bonchev–Trinajstić information content (AvgIpc) is 3.33. The van der Waals surface area contributed by atoms with E-state index in [4.69, 9.17) is 10.7 Å². The number of amides is 1. The second-order valence-corrected chi connectivity index (χ2v) is 11.4. The minimum Gasteiger partial charge on any atom is -0.384 e. The second-order valence-electron chi connectivity index (χ2n) is 10.5. The molecule has 3 aromatic heterocycles. The minimum absolute atomic E-state index is 0.141. The molecule has 202 valence electrons. The Morgan fingerprint density at radius 3 is 2.54 bits per heavy atom. The van der Waals surface area contributed by atoms with E-state index in [0.29, 0.717) is 38.5 Å². The molecule has 6 rings (SSSR count). The van der Waals surface area contributed by atoms with Crippen LogP contribution in [0.4, 0.5) is 10.2 Å². The summed E-state index contributed by atoms with van der Waals surface area (Å²) in [6.45, 7) is 2.78. The number of fused-ring (bicyclic) bond motifs is 1. The number of nitrogens with zero attached hydrogens (tertiary/aromatic N) is 6. The van der Waals surface area contributed by atoms with Crippen LogP contribution in [-0.2, 0) is 11.3 Å². The normalized spacial score (nSPS) is 18.5. The van der Waals surface area contributed by atoms with Gasteiger partial charge in [0.05, 0.1) is 11.0 Å². The standard InChI is InChI=1S/C29H31BrFN7O/c30-21-4-5-25-24(18-21)35-27(23-3-1-2-11-33-23)38(25)22-7-13-37(14-8-22)28(39)29(31)9-15-36(16-10-29)19-20-6-12-34-26(32)17-20/h1-6,11-12,17-18,22H,7-10,13-16,19H2,(H2,32,34). The first-order chi connectivity index (χ1) is 18.9. The number of nitrogens with two attached hydrogens (primary N) is 1. The van der Waals surface area contributed by atoms with Crippen LogP contribution in [0.25, 0.3) is 22.6 Å². The molecule has 1 aromatic carbocycles. The van der Waals surface area contributed by atoms with Crippen molar-refractivity contribution in [2.75, 3.05) is 31.9 Å².